The van der Waals surface area contributed by atoms with Crippen LogP contribution in [0.25, 0.3) is 0 Å². The van der Waals surface area contributed by atoms with Gasteiger partial charge in [0.15, 0.2) is 0 Å². The van der Waals surface area contributed by atoms with Crippen molar-refractivity contribution >= 4 is 57.9 Å². The molecule has 6 rings (SSSR count). The monoisotopic (exact) mass is 647 g/mol. The van der Waals surface area contributed by atoms with Crippen molar-refractivity contribution in [3.05, 3.63) is 113 Å². The van der Waals surface area contributed by atoms with Crippen molar-refractivity contribution in [2.24, 2.45) is 5.92 Å². The number of alkyl halides is 3. The first-order valence-electron chi connectivity index (χ1n) is 12.5. The molecule has 1 saturated heterocycles. The fraction of sp³-hybridized carbons (Fsp3) is 0.179. The van der Waals surface area contributed by atoms with E-state index < -0.39 is 56.1 Å². The zero-order valence-corrected chi connectivity index (χ0v) is 23.9. The Kier molecular flexibility index (Phi) is 7.30. The molecule has 3 heterocycles. The van der Waals surface area contributed by atoms with E-state index in [2.05, 4.69) is 4.98 Å². The normalized spacial score (nSPS) is 19.7. The van der Waals surface area contributed by atoms with Crippen LogP contribution in [0.5, 0.6) is 5.75 Å². The van der Waals surface area contributed by atoms with Gasteiger partial charge in [-0.1, -0.05) is 59.0 Å². The van der Waals surface area contributed by atoms with Crippen LogP contribution < -0.4 is 14.5 Å². The number of hydrogen-bond donors (Lipinski definition) is 1. The summed E-state index contributed by atoms with van der Waals surface area (Å²) < 4.78 is 47.8. The number of thiazole rings is 1. The largest absolute Gasteiger partial charge is 0.489 e. The molecule has 2 aliphatic rings. The number of ether oxygens (including phenoxy) is 1. The number of halogens is 4. The van der Waals surface area contributed by atoms with Gasteiger partial charge in [-0.05, 0) is 35.9 Å². The highest BCUT2D eigenvalue weighted by Gasteiger charge is 2.58. The summed E-state index contributed by atoms with van der Waals surface area (Å²) in [4.78, 5) is 54.3. The number of para-hydroxylation sites is 1. The Labute approximate surface area is 253 Å². The highest BCUT2D eigenvalue weighted by atomic mass is 35.5. The van der Waals surface area contributed by atoms with Crippen molar-refractivity contribution in [1.29, 1.82) is 0 Å². The Morgan fingerprint density at radius 2 is 1.79 bits per heavy atom. The van der Waals surface area contributed by atoms with Crippen molar-refractivity contribution in [1.82, 2.24) is 4.98 Å². The van der Waals surface area contributed by atoms with Crippen LogP contribution in [-0.2, 0) is 22.4 Å². The highest BCUT2D eigenvalue weighted by Crippen LogP contribution is 2.55. The number of carbonyl (C=O) groups is 2. The van der Waals surface area contributed by atoms with Gasteiger partial charge in [0, 0.05) is 33.5 Å². The molecule has 1 fully saturated rings. The zero-order valence-electron chi connectivity index (χ0n) is 21.5. The number of thioether (sulfide) groups is 1. The number of nitrogens with one attached hydrogen (secondary N) is 1. The molecule has 1 aromatic heterocycles. The highest BCUT2D eigenvalue weighted by molar-refractivity contribution is 8.00. The topological polar surface area (TPSA) is 123 Å². The first kappa shape index (κ1) is 29.0. The zero-order chi connectivity index (χ0) is 30.6. The molecule has 0 aliphatic carbocycles. The third-order valence-electron chi connectivity index (χ3n) is 7.10. The Balaban J connectivity index is 1.50. The number of H-pyrrole nitrogens is 1. The summed E-state index contributed by atoms with van der Waals surface area (Å²) in [5, 5.41) is 11.3. The van der Waals surface area contributed by atoms with E-state index in [4.69, 9.17) is 16.3 Å². The molecular formula is C28H17ClF3N3O6S2. The number of rotatable bonds is 6. The minimum atomic E-state index is -4.86. The number of nitrogens with zero attached hydrogens (tertiary/aromatic N) is 2. The van der Waals surface area contributed by atoms with Crippen LogP contribution in [0.2, 0.25) is 5.02 Å². The summed E-state index contributed by atoms with van der Waals surface area (Å²) in [6, 6.07) is 14.8. The second kappa shape index (κ2) is 10.8. The predicted octanol–water partition coefficient (Wildman–Crippen LogP) is 6.39. The number of aromatic nitrogens is 1. The van der Waals surface area contributed by atoms with Crippen molar-refractivity contribution in [3.8, 4) is 5.75 Å². The van der Waals surface area contributed by atoms with Crippen LogP contribution in [0.4, 0.5) is 24.5 Å². The quantitative estimate of drug-likeness (QED) is 0.146. The molecule has 0 spiro atoms. The fourth-order valence-corrected chi connectivity index (χ4v) is 8.03. The van der Waals surface area contributed by atoms with Crippen LogP contribution in [-0.4, -0.2) is 27.0 Å². The average molecular weight is 648 g/mol. The number of carbonyl (C=O) groups excluding carboxylic acids is 2. The summed E-state index contributed by atoms with van der Waals surface area (Å²) in [7, 11) is 0. The van der Waals surface area contributed by atoms with E-state index >= 15 is 0 Å². The lowest BCUT2D eigenvalue weighted by molar-refractivity contribution is -0.385. The number of amides is 2. The van der Waals surface area contributed by atoms with Gasteiger partial charge in [0.25, 0.3) is 5.69 Å². The second-order valence-corrected chi connectivity index (χ2v) is 12.3. The van der Waals surface area contributed by atoms with Gasteiger partial charge in [-0.15, -0.1) is 0 Å². The molecule has 43 heavy (non-hydrogen) atoms. The number of aromatic amines is 1. The lowest BCUT2D eigenvalue weighted by atomic mass is 9.82. The third-order valence-corrected chi connectivity index (χ3v) is 9.73. The molecule has 0 radical (unpaired) electrons. The molecule has 0 saturated carbocycles. The lowest BCUT2D eigenvalue weighted by Gasteiger charge is -2.30. The van der Waals surface area contributed by atoms with Gasteiger partial charge >= 0.3 is 11.0 Å². The minimum Gasteiger partial charge on any atom is -0.489 e. The van der Waals surface area contributed by atoms with Gasteiger partial charge < -0.3 is 9.72 Å². The number of anilines is 1. The van der Waals surface area contributed by atoms with Gasteiger partial charge in [0.05, 0.1) is 27.1 Å². The molecule has 2 aliphatic heterocycles. The SMILES string of the molecule is O=C1[C@H]2[C@H](c3cc([N+](=O)[O-])ccc3OCc3cccc(Cl)c3)c3sc(=O)[nH]c3S[C@H]2C(=O)N1c1ccccc1C(F)(F)F. The number of hydrogen-bond acceptors (Lipinski definition) is 8. The number of non-ortho nitro benzene ring substituents is 1. The number of nitro groups is 1. The van der Waals surface area contributed by atoms with E-state index in [0.717, 1.165) is 41.3 Å². The van der Waals surface area contributed by atoms with Crippen LogP contribution in [0.1, 0.15) is 27.5 Å². The summed E-state index contributed by atoms with van der Waals surface area (Å²) >= 11 is 7.70. The minimum absolute atomic E-state index is 0.0187. The van der Waals surface area contributed by atoms with Crippen LogP contribution in [0, 0.1) is 16.0 Å². The molecule has 220 valence electrons. The van der Waals surface area contributed by atoms with Crippen LogP contribution in [0.15, 0.2) is 76.6 Å². The molecule has 0 unspecified atom stereocenters. The average Bonchev–Trinajstić information content (AvgIpc) is 3.45. The number of imide groups is 1. The van der Waals surface area contributed by atoms with E-state index in [1.807, 2.05) is 0 Å². The standard InChI is InChI=1S/C28H17ClF3N3O6S2/c29-14-5-3-4-13(10-14)12-41-19-9-8-15(35(39)40)11-16(19)20-21-23(42-24-22(20)43-27(38)33-24)26(37)34(25(21)36)18-7-2-1-6-17(18)28(30,31)32/h1-11,20-21,23H,12H2,(H,33,38)/t20-,21-,23+/m0/s1. The van der Waals surface area contributed by atoms with E-state index in [0.29, 0.717) is 20.4 Å². The number of benzene rings is 3. The van der Waals surface area contributed by atoms with E-state index in [9.17, 15) is 37.7 Å². The Morgan fingerprint density at radius 3 is 2.51 bits per heavy atom. The third kappa shape index (κ3) is 5.19. The summed E-state index contributed by atoms with van der Waals surface area (Å²) in [6.07, 6.45) is -4.86. The van der Waals surface area contributed by atoms with Crippen molar-refractivity contribution in [3.63, 3.8) is 0 Å². The van der Waals surface area contributed by atoms with Gasteiger partial charge in [0.2, 0.25) is 11.8 Å². The molecular weight excluding hydrogens is 631 g/mol. The van der Waals surface area contributed by atoms with Gasteiger partial charge in [-0.2, -0.15) is 13.2 Å². The second-order valence-electron chi connectivity index (χ2n) is 9.67. The van der Waals surface area contributed by atoms with Crippen LogP contribution in [0.3, 0.4) is 0 Å². The summed E-state index contributed by atoms with van der Waals surface area (Å²) in [5.41, 5.74) is -1.33. The molecule has 3 atom stereocenters. The number of nitro benzene ring substituents is 1. The Hall–Kier alpha value is -4.14. The lowest BCUT2D eigenvalue weighted by Crippen LogP contribution is -2.33. The van der Waals surface area contributed by atoms with Crippen LogP contribution >= 0.6 is 34.7 Å². The molecule has 1 N–H and O–H groups in total. The predicted molar refractivity (Wildman–Crippen MR) is 153 cm³/mol. The fourth-order valence-electron chi connectivity index (χ4n) is 5.31. The maximum Gasteiger partial charge on any atom is 0.418 e. The molecule has 2 amide bonds. The Bertz CT molecular complexity index is 1860. The molecule has 4 aromatic rings. The first-order chi connectivity index (χ1) is 20.4. The summed E-state index contributed by atoms with van der Waals surface area (Å²) in [6.45, 7) is -0.0187. The smallest absolute Gasteiger partial charge is 0.418 e. The maximum absolute atomic E-state index is 14.0. The molecule has 3 aromatic carbocycles. The summed E-state index contributed by atoms with van der Waals surface area (Å²) in [5.74, 6) is -4.12. The van der Waals surface area contributed by atoms with Gasteiger partial charge in [0.1, 0.15) is 17.6 Å². The Morgan fingerprint density at radius 1 is 1.02 bits per heavy atom. The van der Waals surface area contributed by atoms with E-state index in [1.54, 1.807) is 24.3 Å². The molecule has 15 heteroatoms. The van der Waals surface area contributed by atoms with Crippen molar-refractivity contribution in [2.75, 3.05) is 4.90 Å². The molecule has 9 nitrogen and oxygen atoms in total. The number of fused-ring (bicyclic) bond motifs is 2. The van der Waals surface area contributed by atoms with Gasteiger partial charge in [-0.3, -0.25) is 24.5 Å². The molecule has 0 bridgehead atoms. The maximum atomic E-state index is 14.0. The van der Waals surface area contributed by atoms with Crippen molar-refractivity contribution in [2.45, 2.75) is 29.0 Å². The van der Waals surface area contributed by atoms with E-state index in [-0.39, 0.29) is 28.6 Å². The first-order valence-corrected chi connectivity index (χ1v) is 14.6. The van der Waals surface area contributed by atoms with E-state index in [1.165, 1.54) is 24.3 Å². The van der Waals surface area contributed by atoms with Crippen molar-refractivity contribution < 1.29 is 32.4 Å². The van der Waals surface area contributed by atoms with Gasteiger partial charge in [-0.25, -0.2) is 4.90 Å².